The molecule has 0 saturated carbocycles. The quantitative estimate of drug-likeness (QED) is 0.273. The van der Waals surface area contributed by atoms with Crippen LogP contribution < -0.4 is 29.0 Å². The lowest BCUT2D eigenvalue weighted by Gasteiger charge is -2.33. The van der Waals surface area contributed by atoms with E-state index < -0.39 is 29.3 Å². The molecule has 3 heterocycles. The van der Waals surface area contributed by atoms with Gasteiger partial charge in [0.05, 0.1) is 18.8 Å². The van der Waals surface area contributed by atoms with E-state index in [1.807, 2.05) is 19.9 Å². The Morgan fingerprint density at radius 2 is 1.49 bits per heavy atom. The van der Waals surface area contributed by atoms with E-state index in [0.717, 1.165) is 18.4 Å². The lowest BCUT2D eigenvalue weighted by molar-refractivity contribution is -0.118. The summed E-state index contributed by atoms with van der Waals surface area (Å²) in [6.45, 7) is 4.36. The van der Waals surface area contributed by atoms with Crippen molar-refractivity contribution in [1.29, 1.82) is 0 Å². The van der Waals surface area contributed by atoms with E-state index in [1.165, 1.54) is 18.2 Å². The molecule has 0 radical (unpaired) electrons. The Labute approximate surface area is 249 Å². The van der Waals surface area contributed by atoms with Gasteiger partial charge in [0.1, 0.15) is 41.7 Å². The molecule has 0 fully saturated rings. The minimum atomic E-state index is -1.69. The van der Waals surface area contributed by atoms with E-state index in [4.69, 9.17) is 23.7 Å². The van der Waals surface area contributed by atoms with Crippen molar-refractivity contribution < 1.29 is 43.1 Å². The number of carbonyl (C=O) groups excluding carboxylic acids is 1. The number of aliphatic hydroxyl groups excluding tert-OH is 2. The zero-order chi connectivity index (χ0) is 30.1. The molecule has 3 aliphatic heterocycles. The number of rotatable bonds is 12. The fraction of sp³-hybridized carbons (Fsp3) is 0.424. The molecule has 3 aromatic rings. The van der Waals surface area contributed by atoms with E-state index in [0.29, 0.717) is 71.2 Å². The van der Waals surface area contributed by atoms with Crippen molar-refractivity contribution in [2.75, 3.05) is 31.9 Å². The number of anilines is 1. The summed E-state index contributed by atoms with van der Waals surface area (Å²) in [5.41, 5.74) is 0.763. The largest absolute Gasteiger partial charge is 0.493 e. The average molecular weight is 594 g/mol. The number of benzene rings is 3. The maximum absolute atomic E-state index is 15.0. The first-order valence-electron chi connectivity index (χ1n) is 14.8. The van der Waals surface area contributed by atoms with Gasteiger partial charge in [0.15, 0.2) is 11.5 Å². The summed E-state index contributed by atoms with van der Waals surface area (Å²) in [6, 6.07) is 11.1. The van der Waals surface area contributed by atoms with Gasteiger partial charge >= 0.3 is 0 Å². The van der Waals surface area contributed by atoms with E-state index in [-0.39, 0.29) is 25.8 Å². The van der Waals surface area contributed by atoms with Crippen LogP contribution in [0.4, 0.5) is 10.1 Å². The summed E-state index contributed by atoms with van der Waals surface area (Å²) in [4.78, 5) is 14.5. The molecule has 0 aromatic heterocycles. The van der Waals surface area contributed by atoms with Gasteiger partial charge in [0.2, 0.25) is 12.7 Å². The molecule has 1 unspecified atom stereocenters. The minimum Gasteiger partial charge on any atom is -0.493 e. The molecule has 3 aromatic carbocycles. The fourth-order valence-electron chi connectivity index (χ4n) is 6.11. The number of hydrogen-bond acceptors (Lipinski definition) is 8. The van der Waals surface area contributed by atoms with Crippen LogP contribution in [0, 0.1) is 5.82 Å². The van der Waals surface area contributed by atoms with Gasteiger partial charge in [-0.2, -0.15) is 0 Å². The van der Waals surface area contributed by atoms with Crippen LogP contribution in [0.25, 0.3) is 0 Å². The highest BCUT2D eigenvalue weighted by Gasteiger charge is 2.54. The van der Waals surface area contributed by atoms with Gasteiger partial charge in [0.25, 0.3) is 0 Å². The summed E-state index contributed by atoms with van der Waals surface area (Å²) >= 11 is 0. The zero-order valence-corrected chi connectivity index (χ0v) is 24.3. The standard InChI is InChI=1S/C33H36FNO8/c1-3-5-21(36)16-40-28-11-19-9-10-39-27(19)13-24(28)33(23-12-20(34)7-8-26(23)35-32(33)38)25-14-30-31(43-18-42-30)15-29(25)41-17-22(37)6-4-2/h7-8,11-15,21-22,36-37H,3-6,9-10,16-18H2,1-2H3,(H,35,38)/t21-,22-,33?/m1/s1. The van der Waals surface area contributed by atoms with Gasteiger partial charge in [-0.3, -0.25) is 4.79 Å². The first-order chi connectivity index (χ1) is 20.8. The lowest BCUT2D eigenvalue weighted by Crippen LogP contribution is -2.38. The Hall–Kier alpha value is -4.02. The molecule has 43 heavy (non-hydrogen) atoms. The number of nitrogens with one attached hydrogen (secondary N) is 1. The fourth-order valence-corrected chi connectivity index (χ4v) is 6.11. The second kappa shape index (κ2) is 11.9. The van der Waals surface area contributed by atoms with E-state index in [2.05, 4.69) is 5.32 Å². The number of hydrogen-bond donors (Lipinski definition) is 3. The van der Waals surface area contributed by atoms with Gasteiger partial charge in [-0.05, 0) is 49.2 Å². The molecule has 0 saturated heterocycles. The second-order valence-electron chi connectivity index (χ2n) is 11.2. The van der Waals surface area contributed by atoms with Crippen LogP contribution in [0.1, 0.15) is 61.8 Å². The number of halogens is 1. The van der Waals surface area contributed by atoms with Crippen LogP contribution in [0.15, 0.2) is 42.5 Å². The summed E-state index contributed by atoms with van der Waals surface area (Å²) in [6.07, 6.45) is 1.80. The van der Waals surface area contributed by atoms with E-state index >= 15 is 4.39 Å². The third-order valence-electron chi connectivity index (χ3n) is 8.16. The maximum atomic E-state index is 15.0. The van der Waals surface area contributed by atoms with Crippen molar-refractivity contribution in [2.45, 2.75) is 63.6 Å². The van der Waals surface area contributed by atoms with E-state index in [1.54, 1.807) is 18.2 Å². The van der Waals surface area contributed by atoms with Gasteiger partial charge in [-0.15, -0.1) is 0 Å². The van der Waals surface area contributed by atoms with Crippen LogP contribution in [-0.2, 0) is 16.6 Å². The molecule has 9 nitrogen and oxygen atoms in total. The molecular formula is C33H36FNO8. The molecule has 3 aliphatic rings. The molecular weight excluding hydrogens is 557 g/mol. The predicted octanol–water partition coefficient (Wildman–Crippen LogP) is 4.86. The Balaban J connectivity index is 1.61. The molecule has 10 heteroatoms. The third kappa shape index (κ3) is 5.23. The highest BCUT2D eigenvalue weighted by Crippen LogP contribution is 2.56. The Morgan fingerprint density at radius 3 is 2.16 bits per heavy atom. The second-order valence-corrected chi connectivity index (χ2v) is 11.2. The summed E-state index contributed by atoms with van der Waals surface area (Å²) in [5.74, 6) is 1.06. The smallest absolute Gasteiger partial charge is 0.244 e. The number of fused-ring (bicyclic) bond motifs is 3. The summed E-state index contributed by atoms with van der Waals surface area (Å²) in [5, 5.41) is 24.0. The summed E-state index contributed by atoms with van der Waals surface area (Å²) < 4.78 is 44.9. The highest BCUT2D eigenvalue weighted by atomic mass is 19.1. The van der Waals surface area contributed by atoms with Gasteiger partial charge < -0.3 is 39.2 Å². The van der Waals surface area contributed by atoms with Crippen molar-refractivity contribution >= 4 is 11.6 Å². The van der Waals surface area contributed by atoms with Crippen LogP contribution in [0.3, 0.4) is 0 Å². The Kier molecular flexibility index (Phi) is 8.07. The lowest BCUT2D eigenvalue weighted by atomic mass is 9.69. The maximum Gasteiger partial charge on any atom is 0.244 e. The van der Waals surface area contributed by atoms with Gasteiger partial charge in [-0.25, -0.2) is 4.39 Å². The van der Waals surface area contributed by atoms with Crippen LogP contribution in [0.5, 0.6) is 28.7 Å². The monoisotopic (exact) mass is 593 g/mol. The minimum absolute atomic E-state index is 0.00188. The molecule has 1 amide bonds. The number of carbonyl (C=O) groups is 1. The molecule has 3 N–H and O–H groups in total. The highest BCUT2D eigenvalue weighted by molar-refractivity contribution is 6.12. The molecule has 6 rings (SSSR count). The van der Waals surface area contributed by atoms with Crippen molar-refractivity contribution in [1.82, 2.24) is 0 Å². The van der Waals surface area contributed by atoms with Gasteiger partial charge in [0, 0.05) is 40.4 Å². The van der Waals surface area contributed by atoms with Crippen molar-refractivity contribution in [3.8, 4) is 28.7 Å². The third-order valence-corrected chi connectivity index (χ3v) is 8.16. The normalized spacial score (nSPS) is 19.3. The van der Waals surface area contributed by atoms with Crippen LogP contribution >= 0.6 is 0 Å². The average Bonchev–Trinajstić information content (AvgIpc) is 3.71. The number of amides is 1. The summed E-state index contributed by atoms with van der Waals surface area (Å²) in [7, 11) is 0. The predicted molar refractivity (Wildman–Crippen MR) is 156 cm³/mol. The van der Waals surface area contributed by atoms with Gasteiger partial charge in [-0.1, -0.05) is 26.7 Å². The first kappa shape index (κ1) is 29.1. The SMILES string of the molecule is CCC[C@@H](O)COc1cc2c(cc1C1(c3cc4c(cc3OC[C@H](O)CCC)OCO4)C(=O)Nc3ccc(F)cc31)OCC2. The molecule has 3 atom stereocenters. The number of ether oxygens (including phenoxy) is 5. The first-order valence-corrected chi connectivity index (χ1v) is 14.8. The van der Waals surface area contributed by atoms with Crippen molar-refractivity contribution in [2.24, 2.45) is 0 Å². The Morgan fingerprint density at radius 1 is 0.860 bits per heavy atom. The van der Waals surface area contributed by atoms with E-state index in [9.17, 15) is 15.0 Å². The molecule has 0 aliphatic carbocycles. The van der Waals surface area contributed by atoms with Crippen LogP contribution in [-0.4, -0.2) is 54.9 Å². The number of aliphatic hydroxyl groups is 2. The van der Waals surface area contributed by atoms with Crippen LogP contribution in [0.2, 0.25) is 0 Å². The Bertz CT molecular complexity index is 1450. The van der Waals surface area contributed by atoms with Crippen molar-refractivity contribution in [3.63, 3.8) is 0 Å². The zero-order valence-electron chi connectivity index (χ0n) is 24.3. The topological polar surface area (TPSA) is 116 Å². The van der Waals surface area contributed by atoms with Crippen molar-refractivity contribution in [3.05, 3.63) is 70.5 Å². The molecule has 0 spiro atoms. The molecule has 0 bridgehead atoms. The molecule has 228 valence electrons.